The van der Waals surface area contributed by atoms with Gasteiger partial charge in [-0.05, 0) is 66.3 Å². The molecule has 0 bridgehead atoms. The van der Waals surface area contributed by atoms with Crippen LogP contribution in [0.1, 0.15) is 83.8 Å². The van der Waals surface area contributed by atoms with Gasteiger partial charge in [0.15, 0.2) is 6.10 Å². The fraction of sp³-hybridized carbons (Fsp3) is 0.444. The zero-order chi connectivity index (χ0) is 26.5. The molecule has 0 radical (unpaired) electrons. The first-order valence-electron chi connectivity index (χ1n) is 12.3. The van der Waals surface area contributed by atoms with Crippen molar-refractivity contribution in [3.63, 3.8) is 0 Å². The van der Waals surface area contributed by atoms with E-state index in [-0.39, 0.29) is 29.6 Å². The molecule has 6 nitrogen and oxygen atoms in total. The Labute approximate surface area is 216 Å². The molecule has 3 aromatic rings. The quantitative estimate of drug-likeness (QED) is 0.482. The van der Waals surface area contributed by atoms with E-state index in [0.29, 0.717) is 35.8 Å². The molecule has 1 saturated carbocycles. The van der Waals surface area contributed by atoms with Crippen LogP contribution < -0.4 is 5.56 Å². The third-order valence-corrected chi connectivity index (χ3v) is 8.48. The van der Waals surface area contributed by atoms with Crippen LogP contribution in [-0.2, 0) is 29.4 Å². The molecule has 5 rings (SSSR count). The van der Waals surface area contributed by atoms with Crippen LogP contribution in [0, 0.1) is 0 Å². The molecule has 2 aliphatic rings. The van der Waals surface area contributed by atoms with Crippen LogP contribution in [0.15, 0.2) is 40.5 Å². The van der Waals surface area contributed by atoms with Crippen molar-refractivity contribution in [2.24, 2.45) is 0 Å². The number of fused-ring (bicyclic) bond motifs is 1. The monoisotopic (exact) mass is 531 g/mol. The van der Waals surface area contributed by atoms with Crippen molar-refractivity contribution in [1.29, 1.82) is 0 Å². The van der Waals surface area contributed by atoms with Crippen LogP contribution in [0.2, 0.25) is 0 Å². The summed E-state index contributed by atoms with van der Waals surface area (Å²) in [6.07, 6.45) is -3.53. The summed E-state index contributed by atoms with van der Waals surface area (Å²) in [7, 11) is 0. The van der Waals surface area contributed by atoms with Crippen LogP contribution in [0.3, 0.4) is 0 Å². The third-order valence-electron chi connectivity index (χ3n) is 7.33. The lowest BCUT2D eigenvalue weighted by atomic mass is 9.99. The Bertz CT molecular complexity index is 1390. The van der Waals surface area contributed by atoms with E-state index < -0.39 is 23.8 Å². The SMILES string of the molecule is CC(C)c1csc(C2(c3nc4c(c(=O)[nH]3)CN(C(=O)[C@H](O)c3cccc(C(F)(F)F)c3)CCC4)CC2)c1. The average Bonchev–Trinajstić information content (AvgIpc) is 3.57. The van der Waals surface area contributed by atoms with E-state index in [1.807, 2.05) is 0 Å². The number of H-pyrrole nitrogens is 1. The number of aryl methyl sites for hydroxylation is 1. The number of nitrogens with one attached hydrogen (secondary N) is 1. The number of nitrogens with zero attached hydrogens (tertiary/aromatic N) is 2. The lowest BCUT2D eigenvalue weighted by Gasteiger charge is -2.24. The molecule has 10 heteroatoms. The normalized spacial score (nSPS) is 17.9. The number of aromatic amines is 1. The first-order valence-corrected chi connectivity index (χ1v) is 13.2. The number of rotatable bonds is 5. The van der Waals surface area contributed by atoms with Gasteiger partial charge in [-0.15, -0.1) is 11.3 Å². The maximum absolute atomic E-state index is 13.2. The summed E-state index contributed by atoms with van der Waals surface area (Å²) in [6, 6.07) is 6.31. The van der Waals surface area contributed by atoms with Crippen molar-refractivity contribution in [3.8, 4) is 0 Å². The number of halogens is 3. The molecule has 1 fully saturated rings. The second kappa shape index (κ2) is 9.40. The molecule has 3 heterocycles. The molecular weight excluding hydrogens is 503 g/mol. The molecule has 0 saturated heterocycles. The lowest BCUT2D eigenvalue weighted by molar-refractivity contribution is -0.142. The van der Waals surface area contributed by atoms with E-state index in [4.69, 9.17) is 4.98 Å². The first kappa shape index (κ1) is 25.7. The number of aromatic nitrogens is 2. The van der Waals surface area contributed by atoms with Crippen molar-refractivity contribution >= 4 is 17.2 Å². The van der Waals surface area contributed by atoms with Crippen LogP contribution in [-0.4, -0.2) is 32.4 Å². The first-order chi connectivity index (χ1) is 17.5. The van der Waals surface area contributed by atoms with E-state index in [1.165, 1.54) is 21.4 Å². The standard InChI is InChI=1S/C27H28F3N3O3S/c1-15(2)17-12-21(37-14-17)26(8-9-26)25-31-20-7-4-10-33(13-19(20)23(35)32-25)24(36)22(34)16-5-3-6-18(11-16)27(28,29)30/h3,5-6,11-12,14-15,22,34H,4,7-10,13H2,1-2H3,(H,31,32,35)/t22-/m1/s1. The average molecular weight is 532 g/mol. The highest BCUT2D eigenvalue weighted by Crippen LogP contribution is 2.54. The minimum atomic E-state index is -4.59. The molecule has 0 unspecified atom stereocenters. The summed E-state index contributed by atoms with van der Waals surface area (Å²) < 4.78 is 39.3. The Morgan fingerprint density at radius 2 is 1.97 bits per heavy atom. The number of aliphatic hydroxyl groups excluding tert-OH is 1. The molecule has 1 aromatic carbocycles. The Hall–Kier alpha value is -2.98. The number of hydrogen-bond donors (Lipinski definition) is 2. The van der Waals surface area contributed by atoms with Crippen LogP contribution >= 0.6 is 11.3 Å². The molecule has 37 heavy (non-hydrogen) atoms. The molecule has 2 N–H and O–H groups in total. The van der Waals surface area contributed by atoms with Crippen LogP contribution in [0.25, 0.3) is 0 Å². The van der Waals surface area contributed by atoms with Crippen molar-refractivity contribution in [1.82, 2.24) is 14.9 Å². The number of hydrogen-bond acceptors (Lipinski definition) is 5. The number of thiophene rings is 1. The Morgan fingerprint density at radius 1 is 1.22 bits per heavy atom. The summed E-state index contributed by atoms with van der Waals surface area (Å²) in [6.45, 7) is 4.49. The van der Waals surface area contributed by atoms with E-state index in [1.54, 1.807) is 11.3 Å². The van der Waals surface area contributed by atoms with Crippen LogP contribution in [0.4, 0.5) is 13.2 Å². The minimum absolute atomic E-state index is 0.0592. The van der Waals surface area contributed by atoms with Gasteiger partial charge in [-0.25, -0.2) is 4.98 Å². The van der Waals surface area contributed by atoms with E-state index in [9.17, 15) is 27.9 Å². The van der Waals surface area contributed by atoms with E-state index in [2.05, 4.69) is 30.3 Å². The molecule has 1 atom stereocenters. The van der Waals surface area contributed by atoms with Gasteiger partial charge in [-0.2, -0.15) is 13.2 Å². The Morgan fingerprint density at radius 3 is 2.62 bits per heavy atom. The smallest absolute Gasteiger partial charge is 0.378 e. The molecule has 1 amide bonds. The second-order valence-electron chi connectivity index (χ2n) is 10.2. The van der Waals surface area contributed by atoms with E-state index >= 15 is 0 Å². The number of benzene rings is 1. The molecular formula is C27H28F3N3O3S. The fourth-order valence-electron chi connectivity index (χ4n) is 4.87. The summed E-state index contributed by atoms with van der Waals surface area (Å²) in [4.78, 5) is 36.6. The zero-order valence-corrected chi connectivity index (χ0v) is 21.4. The molecule has 2 aromatic heterocycles. The molecule has 196 valence electrons. The number of amides is 1. The van der Waals surface area contributed by atoms with Gasteiger partial charge >= 0.3 is 6.18 Å². The largest absolute Gasteiger partial charge is 0.416 e. The number of carbonyl (C=O) groups excluding carboxylic acids is 1. The maximum atomic E-state index is 13.2. The van der Waals surface area contributed by atoms with Gasteiger partial charge in [0.2, 0.25) is 0 Å². The van der Waals surface area contributed by atoms with Crippen molar-refractivity contribution in [2.45, 2.75) is 69.7 Å². The Kier molecular flexibility index (Phi) is 6.52. The molecule has 1 aliphatic heterocycles. The predicted octanol–water partition coefficient (Wildman–Crippen LogP) is 5.06. The number of aliphatic hydroxyl groups is 1. The highest BCUT2D eigenvalue weighted by molar-refractivity contribution is 7.10. The van der Waals surface area contributed by atoms with Gasteiger partial charge in [0.05, 0.1) is 28.8 Å². The summed E-state index contributed by atoms with van der Waals surface area (Å²) >= 11 is 1.68. The van der Waals surface area contributed by atoms with Crippen molar-refractivity contribution in [3.05, 3.63) is 84.7 Å². The highest BCUT2D eigenvalue weighted by Gasteiger charge is 2.50. The molecule has 0 spiro atoms. The van der Waals surface area contributed by atoms with Gasteiger partial charge < -0.3 is 15.0 Å². The summed E-state index contributed by atoms with van der Waals surface area (Å²) in [5.74, 6) is 0.320. The van der Waals surface area contributed by atoms with Gasteiger partial charge in [0.1, 0.15) is 5.82 Å². The number of carbonyl (C=O) groups is 1. The minimum Gasteiger partial charge on any atom is -0.378 e. The number of alkyl halides is 3. The van der Waals surface area contributed by atoms with Gasteiger partial charge in [-0.1, -0.05) is 26.0 Å². The second-order valence-corrected chi connectivity index (χ2v) is 11.1. The third kappa shape index (κ3) is 4.84. The van der Waals surface area contributed by atoms with Crippen molar-refractivity contribution in [2.75, 3.05) is 6.54 Å². The fourth-order valence-corrected chi connectivity index (χ4v) is 6.20. The maximum Gasteiger partial charge on any atom is 0.416 e. The zero-order valence-electron chi connectivity index (χ0n) is 20.6. The van der Waals surface area contributed by atoms with Gasteiger partial charge in [0.25, 0.3) is 11.5 Å². The van der Waals surface area contributed by atoms with Crippen LogP contribution in [0.5, 0.6) is 0 Å². The van der Waals surface area contributed by atoms with Crippen molar-refractivity contribution < 1.29 is 23.1 Å². The molecule has 1 aliphatic carbocycles. The summed E-state index contributed by atoms with van der Waals surface area (Å²) in [5, 5.41) is 12.8. The lowest BCUT2D eigenvalue weighted by Crippen LogP contribution is -2.36. The summed E-state index contributed by atoms with van der Waals surface area (Å²) in [5.41, 5.74) is 0.570. The highest BCUT2D eigenvalue weighted by atomic mass is 32.1. The predicted molar refractivity (Wildman–Crippen MR) is 133 cm³/mol. The van der Waals surface area contributed by atoms with Gasteiger partial charge in [-0.3, -0.25) is 9.59 Å². The Balaban J connectivity index is 1.40. The van der Waals surface area contributed by atoms with Gasteiger partial charge in [0, 0.05) is 11.4 Å². The van der Waals surface area contributed by atoms with E-state index in [0.717, 1.165) is 31.0 Å². The topological polar surface area (TPSA) is 86.3 Å².